The highest BCUT2D eigenvalue weighted by atomic mass is 16.5. The lowest BCUT2D eigenvalue weighted by molar-refractivity contribution is 0.0520. The van der Waals surface area contributed by atoms with Crippen molar-refractivity contribution in [2.45, 2.75) is 13.5 Å². The molecule has 0 bridgehead atoms. The topological polar surface area (TPSA) is 120 Å². The van der Waals surface area contributed by atoms with Crippen LogP contribution in [0.1, 0.15) is 33.3 Å². The zero-order chi connectivity index (χ0) is 15.4. The SMILES string of the molecule is CCOC(=O)c1nnn(Cc2ccccc2C(=O)O)c1N. The quantitative estimate of drug-likeness (QED) is 0.780. The maximum absolute atomic E-state index is 11.6. The fourth-order valence-corrected chi connectivity index (χ4v) is 1.81. The highest BCUT2D eigenvalue weighted by molar-refractivity contribution is 5.92. The number of carbonyl (C=O) groups excluding carboxylic acids is 1. The van der Waals surface area contributed by atoms with Crippen molar-refractivity contribution in [1.29, 1.82) is 0 Å². The third-order valence-electron chi connectivity index (χ3n) is 2.81. The Balaban J connectivity index is 2.29. The summed E-state index contributed by atoms with van der Waals surface area (Å²) < 4.78 is 6.06. The highest BCUT2D eigenvalue weighted by Crippen LogP contribution is 2.15. The zero-order valence-electron chi connectivity index (χ0n) is 11.3. The minimum absolute atomic E-state index is 0.0358. The Labute approximate surface area is 120 Å². The monoisotopic (exact) mass is 290 g/mol. The molecule has 0 aliphatic rings. The van der Waals surface area contributed by atoms with Crippen molar-refractivity contribution in [3.8, 4) is 0 Å². The van der Waals surface area contributed by atoms with Gasteiger partial charge in [0.05, 0.1) is 18.7 Å². The largest absolute Gasteiger partial charge is 0.478 e. The average Bonchev–Trinajstić information content (AvgIpc) is 2.81. The molecule has 0 atom stereocenters. The van der Waals surface area contributed by atoms with E-state index in [-0.39, 0.29) is 30.2 Å². The predicted molar refractivity (Wildman–Crippen MR) is 72.9 cm³/mol. The van der Waals surface area contributed by atoms with Crippen molar-refractivity contribution in [2.75, 3.05) is 12.3 Å². The Hall–Kier alpha value is -2.90. The van der Waals surface area contributed by atoms with Gasteiger partial charge in [0.2, 0.25) is 5.69 Å². The number of aromatic carboxylic acids is 1. The molecule has 21 heavy (non-hydrogen) atoms. The van der Waals surface area contributed by atoms with Gasteiger partial charge in [0.15, 0.2) is 5.82 Å². The second-order valence-corrected chi connectivity index (χ2v) is 4.16. The standard InChI is InChI=1S/C13H14N4O4/c1-2-21-13(20)10-11(14)17(16-15-10)7-8-5-3-4-6-9(8)12(18)19/h3-6H,2,7,14H2,1H3,(H,18,19). The summed E-state index contributed by atoms with van der Waals surface area (Å²) in [5, 5.41) is 16.6. The summed E-state index contributed by atoms with van der Waals surface area (Å²) in [4.78, 5) is 22.7. The normalized spacial score (nSPS) is 10.3. The van der Waals surface area contributed by atoms with Gasteiger partial charge in [0.25, 0.3) is 0 Å². The number of hydrogen-bond donors (Lipinski definition) is 2. The van der Waals surface area contributed by atoms with Crippen LogP contribution in [0.15, 0.2) is 24.3 Å². The molecule has 8 heteroatoms. The van der Waals surface area contributed by atoms with Crippen molar-refractivity contribution < 1.29 is 19.4 Å². The van der Waals surface area contributed by atoms with E-state index in [1.54, 1.807) is 25.1 Å². The number of ether oxygens (including phenoxy) is 1. The zero-order valence-corrected chi connectivity index (χ0v) is 11.3. The molecular formula is C13H14N4O4. The first kappa shape index (κ1) is 14.5. The molecular weight excluding hydrogens is 276 g/mol. The summed E-state index contributed by atoms with van der Waals surface area (Å²) in [6, 6.07) is 6.47. The van der Waals surface area contributed by atoms with Crippen LogP contribution in [0.25, 0.3) is 0 Å². The fraction of sp³-hybridized carbons (Fsp3) is 0.231. The Kier molecular flexibility index (Phi) is 4.17. The second kappa shape index (κ2) is 6.04. The van der Waals surface area contributed by atoms with Crippen LogP contribution in [0.3, 0.4) is 0 Å². The number of esters is 1. The van der Waals surface area contributed by atoms with E-state index >= 15 is 0 Å². The molecule has 1 aromatic carbocycles. The Morgan fingerprint density at radius 3 is 2.76 bits per heavy atom. The van der Waals surface area contributed by atoms with Gasteiger partial charge in [-0.25, -0.2) is 14.3 Å². The van der Waals surface area contributed by atoms with Gasteiger partial charge in [-0.2, -0.15) is 0 Å². The third-order valence-corrected chi connectivity index (χ3v) is 2.81. The van der Waals surface area contributed by atoms with Crippen LogP contribution >= 0.6 is 0 Å². The van der Waals surface area contributed by atoms with Crippen molar-refractivity contribution in [1.82, 2.24) is 15.0 Å². The van der Waals surface area contributed by atoms with Gasteiger partial charge in [0, 0.05) is 0 Å². The molecule has 0 saturated heterocycles. The summed E-state index contributed by atoms with van der Waals surface area (Å²) in [5.74, 6) is -1.67. The molecule has 0 aliphatic heterocycles. The van der Waals surface area contributed by atoms with Crippen molar-refractivity contribution >= 4 is 17.8 Å². The van der Waals surface area contributed by atoms with Gasteiger partial charge < -0.3 is 15.6 Å². The lowest BCUT2D eigenvalue weighted by Crippen LogP contribution is -2.12. The fourth-order valence-electron chi connectivity index (χ4n) is 1.81. The summed E-state index contributed by atoms with van der Waals surface area (Å²) in [5.41, 5.74) is 6.37. The first-order chi connectivity index (χ1) is 10.0. The summed E-state index contributed by atoms with van der Waals surface area (Å²) >= 11 is 0. The van der Waals surface area contributed by atoms with E-state index in [0.29, 0.717) is 5.56 Å². The first-order valence-corrected chi connectivity index (χ1v) is 6.21. The molecule has 1 aromatic heterocycles. The number of carbonyl (C=O) groups is 2. The van der Waals surface area contributed by atoms with Gasteiger partial charge in [-0.1, -0.05) is 23.4 Å². The molecule has 1 heterocycles. The number of carboxylic acid groups (broad SMARTS) is 1. The lowest BCUT2D eigenvalue weighted by atomic mass is 10.1. The maximum atomic E-state index is 11.6. The summed E-state index contributed by atoms with van der Waals surface area (Å²) in [7, 11) is 0. The van der Waals surface area contributed by atoms with Gasteiger partial charge in [-0.05, 0) is 18.6 Å². The number of benzene rings is 1. The number of hydrogen-bond acceptors (Lipinski definition) is 6. The van der Waals surface area contributed by atoms with Crippen LogP contribution in [0.2, 0.25) is 0 Å². The van der Waals surface area contributed by atoms with Crippen molar-refractivity contribution in [2.24, 2.45) is 0 Å². The van der Waals surface area contributed by atoms with E-state index in [9.17, 15) is 9.59 Å². The Morgan fingerprint density at radius 1 is 1.38 bits per heavy atom. The minimum atomic E-state index is -1.05. The van der Waals surface area contributed by atoms with Crippen LogP contribution in [0.4, 0.5) is 5.82 Å². The van der Waals surface area contributed by atoms with Crippen LogP contribution in [0.5, 0.6) is 0 Å². The Bertz CT molecular complexity index is 681. The molecule has 0 saturated carbocycles. The molecule has 0 amide bonds. The van der Waals surface area contributed by atoms with Crippen LogP contribution in [-0.2, 0) is 11.3 Å². The summed E-state index contributed by atoms with van der Waals surface area (Å²) in [6.07, 6.45) is 0. The maximum Gasteiger partial charge on any atom is 0.362 e. The lowest BCUT2D eigenvalue weighted by Gasteiger charge is -2.07. The summed E-state index contributed by atoms with van der Waals surface area (Å²) in [6.45, 7) is 1.97. The van der Waals surface area contributed by atoms with Crippen molar-refractivity contribution in [3.63, 3.8) is 0 Å². The molecule has 0 aliphatic carbocycles. The number of aromatic nitrogens is 3. The van der Waals surface area contributed by atoms with E-state index in [4.69, 9.17) is 15.6 Å². The van der Waals surface area contributed by atoms with Crippen molar-refractivity contribution in [3.05, 3.63) is 41.1 Å². The molecule has 8 nitrogen and oxygen atoms in total. The van der Waals surface area contributed by atoms with Crippen LogP contribution in [-0.4, -0.2) is 38.6 Å². The molecule has 0 spiro atoms. The number of carboxylic acids is 1. The van der Waals surface area contributed by atoms with E-state index < -0.39 is 11.9 Å². The van der Waals surface area contributed by atoms with Crippen LogP contribution < -0.4 is 5.73 Å². The Morgan fingerprint density at radius 2 is 2.10 bits per heavy atom. The number of anilines is 1. The molecule has 2 aromatic rings. The molecule has 0 fully saturated rings. The van der Waals surface area contributed by atoms with Gasteiger partial charge in [-0.15, -0.1) is 5.10 Å². The number of nitrogen functional groups attached to an aromatic ring is 1. The van der Waals surface area contributed by atoms with E-state index in [2.05, 4.69) is 10.3 Å². The smallest absolute Gasteiger partial charge is 0.362 e. The van der Waals surface area contributed by atoms with E-state index in [1.165, 1.54) is 10.7 Å². The number of rotatable bonds is 5. The van der Waals surface area contributed by atoms with Gasteiger partial charge >= 0.3 is 11.9 Å². The van der Waals surface area contributed by atoms with E-state index in [1.807, 2.05) is 0 Å². The molecule has 110 valence electrons. The van der Waals surface area contributed by atoms with Gasteiger partial charge in [0.1, 0.15) is 0 Å². The second-order valence-electron chi connectivity index (χ2n) is 4.16. The highest BCUT2D eigenvalue weighted by Gasteiger charge is 2.19. The first-order valence-electron chi connectivity index (χ1n) is 6.21. The minimum Gasteiger partial charge on any atom is -0.478 e. The van der Waals surface area contributed by atoms with Gasteiger partial charge in [-0.3, -0.25) is 0 Å². The molecule has 0 radical (unpaired) electrons. The number of nitrogens with zero attached hydrogens (tertiary/aromatic N) is 3. The van der Waals surface area contributed by atoms with E-state index in [0.717, 1.165) is 0 Å². The molecule has 3 N–H and O–H groups in total. The average molecular weight is 290 g/mol. The van der Waals surface area contributed by atoms with Crippen LogP contribution in [0, 0.1) is 0 Å². The number of nitrogens with two attached hydrogens (primary N) is 1. The molecule has 0 unspecified atom stereocenters. The molecule has 2 rings (SSSR count). The predicted octanol–water partition coefficient (Wildman–Crippen LogP) is 0.783. The third kappa shape index (κ3) is 2.99.